The molecule has 2 aromatic rings. The molecule has 152 valence electrons. The first-order valence-electron chi connectivity index (χ1n) is 7.73. The molecule has 0 atom stereocenters. The van der Waals surface area contributed by atoms with Gasteiger partial charge in [-0.25, -0.2) is 22.2 Å². The van der Waals surface area contributed by atoms with Gasteiger partial charge >= 0.3 is 11.9 Å². The van der Waals surface area contributed by atoms with E-state index >= 15 is 0 Å². The Labute approximate surface area is 160 Å². The van der Waals surface area contributed by atoms with E-state index < -0.39 is 50.4 Å². The van der Waals surface area contributed by atoms with E-state index in [0.29, 0.717) is 6.07 Å². The van der Waals surface area contributed by atoms with Crippen LogP contribution in [0.3, 0.4) is 0 Å². The summed E-state index contributed by atoms with van der Waals surface area (Å²) >= 11 is 5.97. The van der Waals surface area contributed by atoms with Crippen molar-refractivity contribution in [1.29, 1.82) is 0 Å². The number of alkyl halides is 3. The average Bonchev–Trinajstić information content (AvgIpc) is 2.83. The molecule has 13 heteroatoms. The lowest BCUT2D eigenvalue weighted by Crippen LogP contribution is -2.41. The zero-order valence-electron chi connectivity index (χ0n) is 14.3. The van der Waals surface area contributed by atoms with Crippen molar-refractivity contribution in [1.82, 2.24) is 9.13 Å². The van der Waals surface area contributed by atoms with E-state index in [1.165, 1.54) is 6.92 Å². The first-order valence-corrected chi connectivity index (χ1v) is 9.72. The third-order valence-corrected chi connectivity index (χ3v) is 6.36. The molecule has 0 unspecified atom stereocenters. The molecule has 0 N–H and O–H groups in total. The number of aromatic nitrogens is 2. The largest absolute Gasteiger partial charge is 0.431 e. The van der Waals surface area contributed by atoms with E-state index in [9.17, 15) is 35.6 Å². The molecule has 1 aromatic carbocycles. The van der Waals surface area contributed by atoms with Crippen LogP contribution in [0.25, 0.3) is 5.69 Å². The van der Waals surface area contributed by atoms with Gasteiger partial charge in [-0.2, -0.15) is 13.2 Å². The van der Waals surface area contributed by atoms with Gasteiger partial charge in [-0.1, -0.05) is 11.6 Å². The fraction of sp³-hybridized carbons (Fsp3) is 0.333. The van der Waals surface area contributed by atoms with Crippen LogP contribution in [0.15, 0.2) is 21.7 Å². The van der Waals surface area contributed by atoms with Crippen molar-refractivity contribution < 1.29 is 26.0 Å². The van der Waals surface area contributed by atoms with Crippen LogP contribution in [-0.4, -0.2) is 24.1 Å². The van der Waals surface area contributed by atoms with E-state index in [1.54, 1.807) is 0 Å². The number of hydrogen-bond acceptors (Lipinski definition) is 4. The van der Waals surface area contributed by atoms with Crippen LogP contribution < -0.4 is 15.6 Å². The Kier molecular flexibility index (Phi) is 4.62. The highest BCUT2D eigenvalue weighted by molar-refractivity contribution is 7.92. The van der Waals surface area contributed by atoms with Crippen molar-refractivity contribution in [3.63, 3.8) is 0 Å². The molecule has 28 heavy (non-hydrogen) atoms. The van der Waals surface area contributed by atoms with Crippen molar-refractivity contribution in [2.45, 2.75) is 18.9 Å². The van der Waals surface area contributed by atoms with Gasteiger partial charge in [-0.15, -0.1) is 0 Å². The Balaban J connectivity index is 2.44. The molecule has 0 saturated carbocycles. The van der Waals surface area contributed by atoms with Crippen LogP contribution in [-0.2, 0) is 29.0 Å². The molecule has 0 aliphatic carbocycles. The second kappa shape index (κ2) is 6.34. The molecule has 1 aromatic heterocycles. The van der Waals surface area contributed by atoms with Crippen molar-refractivity contribution >= 4 is 27.3 Å². The molecule has 0 radical (unpaired) electrons. The van der Waals surface area contributed by atoms with Crippen molar-refractivity contribution in [2.75, 3.05) is 10.8 Å². The normalized spacial score (nSPS) is 15.8. The van der Waals surface area contributed by atoms with Crippen LogP contribution in [0.2, 0.25) is 5.02 Å². The standard InChI is InChI=1S/C15H12ClF4N3O4S/c1-3-22-12-7(6-28(22,26)27)13(9(17)4-8(12)16)23-11(24)5-10(15(18,19)20)21(2)14(23)25/h4-5H,3,6H2,1-2H3. The first kappa shape index (κ1) is 20.4. The summed E-state index contributed by atoms with van der Waals surface area (Å²) in [6, 6.07) is 0.853. The Morgan fingerprint density at radius 1 is 1.18 bits per heavy atom. The Morgan fingerprint density at radius 3 is 2.32 bits per heavy atom. The predicted octanol–water partition coefficient (Wildman–Crippen LogP) is 2.02. The second-order valence-corrected chi connectivity index (χ2v) is 8.28. The maximum absolute atomic E-state index is 14.7. The third kappa shape index (κ3) is 2.91. The number of fused-ring (bicyclic) bond motifs is 1. The molecule has 0 spiro atoms. The van der Waals surface area contributed by atoms with Gasteiger partial charge in [0.1, 0.15) is 11.5 Å². The molecule has 1 aliphatic heterocycles. The number of halogens is 5. The second-order valence-electron chi connectivity index (χ2n) is 5.98. The summed E-state index contributed by atoms with van der Waals surface area (Å²) in [4.78, 5) is 24.8. The lowest BCUT2D eigenvalue weighted by Gasteiger charge is -2.19. The monoisotopic (exact) mass is 441 g/mol. The number of benzene rings is 1. The smallest absolute Gasteiger partial charge is 0.292 e. The van der Waals surface area contributed by atoms with Gasteiger partial charge in [-0.3, -0.25) is 13.7 Å². The van der Waals surface area contributed by atoms with Crippen molar-refractivity contribution in [2.24, 2.45) is 7.05 Å². The molecule has 0 saturated heterocycles. The highest BCUT2D eigenvalue weighted by Gasteiger charge is 2.39. The van der Waals surface area contributed by atoms with Gasteiger partial charge in [0.05, 0.1) is 22.2 Å². The summed E-state index contributed by atoms with van der Waals surface area (Å²) in [5.41, 5.74) is -5.58. The van der Waals surface area contributed by atoms with Gasteiger partial charge < -0.3 is 0 Å². The summed E-state index contributed by atoms with van der Waals surface area (Å²) in [5, 5.41) is -0.268. The molecule has 2 heterocycles. The van der Waals surface area contributed by atoms with Crippen molar-refractivity contribution in [3.8, 4) is 5.69 Å². The molecular formula is C15H12ClF4N3O4S. The minimum atomic E-state index is -4.99. The Hall–Kier alpha value is -2.34. The van der Waals surface area contributed by atoms with E-state index in [-0.39, 0.29) is 38.0 Å². The maximum atomic E-state index is 14.7. The topological polar surface area (TPSA) is 81.4 Å². The van der Waals surface area contributed by atoms with E-state index in [1.807, 2.05) is 0 Å². The van der Waals surface area contributed by atoms with Crippen LogP contribution in [0, 0.1) is 5.82 Å². The molecule has 0 fully saturated rings. The highest BCUT2D eigenvalue weighted by Crippen LogP contribution is 2.43. The quantitative estimate of drug-likeness (QED) is 0.668. The first-order chi connectivity index (χ1) is 12.8. The minimum absolute atomic E-state index is 0.0555. The van der Waals surface area contributed by atoms with Crippen LogP contribution >= 0.6 is 11.6 Å². The maximum Gasteiger partial charge on any atom is 0.431 e. The Morgan fingerprint density at radius 2 is 1.79 bits per heavy atom. The minimum Gasteiger partial charge on any atom is -0.292 e. The Bertz CT molecular complexity index is 1220. The zero-order valence-corrected chi connectivity index (χ0v) is 15.9. The summed E-state index contributed by atoms with van der Waals surface area (Å²) in [5.74, 6) is -1.98. The van der Waals surface area contributed by atoms with Crippen LogP contribution in [0.1, 0.15) is 18.2 Å². The van der Waals surface area contributed by atoms with Crippen LogP contribution in [0.5, 0.6) is 0 Å². The van der Waals surface area contributed by atoms with Gasteiger partial charge in [0.25, 0.3) is 5.56 Å². The average molecular weight is 442 g/mol. The fourth-order valence-corrected chi connectivity index (χ4v) is 5.19. The summed E-state index contributed by atoms with van der Waals surface area (Å²) in [6.07, 6.45) is -4.99. The fourth-order valence-electron chi connectivity index (χ4n) is 3.15. The van der Waals surface area contributed by atoms with Crippen LogP contribution in [0.4, 0.5) is 23.2 Å². The molecule has 0 amide bonds. The summed E-state index contributed by atoms with van der Waals surface area (Å²) < 4.78 is 79.6. The van der Waals surface area contributed by atoms with Gasteiger partial charge in [-0.05, 0) is 13.0 Å². The van der Waals surface area contributed by atoms with Gasteiger partial charge in [0.15, 0.2) is 0 Å². The molecular weight excluding hydrogens is 430 g/mol. The number of rotatable bonds is 2. The number of nitrogens with zero attached hydrogens (tertiary/aromatic N) is 3. The number of anilines is 1. The number of hydrogen-bond donors (Lipinski definition) is 0. The molecule has 7 nitrogen and oxygen atoms in total. The summed E-state index contributed by atoms with van der Waals surface area (Å²) in [6.45, 7) is 1.44. The zero-order chi connectivity index (χ0) is 21.2. The van der Waals surface area contributed by atoms with E-state index in [4.69, 9.17) is 11.6 Å². The SMILES string of the molecule is CCN1c2c(Cl)cc(F)c(-n3c(=O)cc(C(F)(F)F)n(C)c3=O)c2CS1(=O)=O. The van der Waals surface area contributed by atoms with Gasteiger partial charge in [0, 0.05) is 25.2 Å². The molecule has 0 bridgehead atoms. The molecule has 1 aliphatic rings. The van der Waals surface area contributed by atoms with E-state index in [2.05, 4.69) is 0 Å². The van der Waals surface area contributed by atoms with Gasteiger partial charge in [0.2, 0.25) is 10.0 Å². The highest BCUT2D eigenvalue weighted by atomic mass is 35.5. The predicted molar refractivity (Wildman–Crippen MR) is 92.9 cm³/mol. The lowest BCUT2D eigenvalue weighted by molar-refractivity contribution is -0.144. The van der Waals surface area contributed by atoms with Crippen molar-refractivity contribution in [3.05, 3.63) is 55.1 Å². The lowest BCUT2D eigenvalue weighted by atomic mass is 10.1. The molecule has 3 rings (SSSR count). The summed E-state index contributed by atoms with van der Waals surface area (Å²) in [7, 11) is -3.19. The van der Waals surface area contributed by atoms with E-state index in [0.717, 1.165) is 11.4 Å². The third-order valence-electron chi connectivity index (χ3n) is 4.31. The number of sulfonamides is 1.